The van der Waals surface area contributed by atoms with E-state index in [1.807, 2.05) is 0 Å². The Labute approximate surface area is 245 Å². The van der Waals surface area contributed by atoms with Crippen molar-refractivity contribution in [3.05, 3.63) is 71.2 Å². The van der Waals surface area contributed by atoms with Crippen LogP contribution in [0.25, 0.3) is 11.3 Å². The van der Waals surface area contributed by atoms with Gasteiger partial charge in [0, 0.05) is 36.8 Å². The number of benzene rings is 1. The number of carbonyl (C=O) groups excluding carboxylic acids is 1. The highest BCUT2D eigenvalue weighted by molar-refractivity contribution is 7.89. The lowest BCUT2D eigenvalue weighted by Gasteiger charge is -2.27. The molecule has 3 unspecified atom stereocenters. The van der Waals surface area contributed by atoms with Gasteiger partial charge in [0.1, 0.15) is 18.0 Å². The molecule has 3 atom stereocenters. The minimum absolute atomic E-state index is 0.109. The number of hydrogen-bond donors (Lipinski definition) is 1. The quantitative estimate of drug-likeness (QED) is 0.344. The highest BCUT2D eigenvalue weighted by Crippen LogP contribution is 2.47. The molecule has 17 heteroatoms. The second-order valence-corrected chi connectivity index (χ2v) is 12.3. The minimum Gasteiger partial charge on any atom is -0.351 e. The average Bonchev–Trinajstić information content (AvgIpc) is 3.75. The van der Waals surface area contributed by atoms with Crippen molar-refractivity contribution in [2.75, 3.05) is 0 Å². The van der Waals surface area contributed by atoms with Crippen LogP contribution in [0.15, 0.2) is 47.6 Å². The summed E-state index contributed by atoms with van der Waals surface area (Å²) in [4.78, 5) is 23.4. The summed E-state index contributed by atoms with van der Waals surface area (Å²) in [6.07, 6.45) is -9.88. The Morgan fingerprint density at radius 2 is 1.64 bits per heavy atom. The van der Waals surface area contributed by atoms with Gasteiger partial charge in [-0.3, -0.25) is 9.78 Å². The van der Waals surface area contributed by atoms with Gasteiger partial charge >= 0.3 is 12.4 Å². The number of nitrogens with one attached hydrogen (secondary N) is 1. The number of nitrogens with zero attached hydrogens (tertiary/aromatic N) is 4. The molecule has 236 valence electrons. The highest BCUT2D eigenvalue weighted by atomic mass is 32.2. The monoisotopic (exact) mass is 649 g/mol. The predicted octanol–water partition coefficient (Wildman–Crippen LogP) is 5.40. The standard InChI is InChI=1S/C27H23F8N5O3S/c1-13-19(29)9-21(40(13)44(42,43)18-6-4-17(28)5-7-18)24(41)36-10-15-8-20(16-11-37-25(38-12-16)27(33,34)35)39-23(14-2-3-14)22(15)26(30,31)32/h4-8,11-14,19,21H,2-3,9-10H2,1H3,(H,36,41). The molecule has 3 aromatic rings. The molecule has 1 aliphatic heterocycles. The molecule has 0 spiro atoms. The van der Waals surface area contributed by atoms with E-state index in [1.54, 1.807) is 0 Å². The van der Waals surface area contributed by atoms with Crippen LogP contribution >= 0.6 is 0 Å². The number of sulfonamides is 1. The number of amides is 1. The second-order valence-electron chi connectivity index (χ2n) is 10.5. The predicted molar refractivity (Wildman–Crippen MR) is 137 cm³/mol. The van der Waals surface area contributed by atoms with Crippen molar-refractivity contribution < 1.29 is 48.3 Å². The molecule has 1 aromatic carbocycles. The first-order valence-corrected chi connectivity index (χ1v) is 14.6. The van der Waals surface area contributed by atoms with Crippen molar-refractivity contribution >= 4 is 15.9 Å². The van der Waals surface area contributed by atoms with Crippen molar-refractivity contribution in [1.82, 2.24) is 24.6 Å². The van der Waals surface area contributed by atoms with Crippen molar-refractivity contribution in [2.24, 2.45) is 0 Å². The SMILES string of the molecule is CC1C(F)CC(C(=O)NCc2cc(-c3cnc(C(F)(F)F)nc3)nc(C3CC3)c2C(F)(F)F)N1S(=O)(=O)c1ccc(F)cc1. The molecule has 8 nitrogen and oxygen atoms in total. The van der Waals surface area contributed by atoms with Gasteiger partial charge in [-0.15, -0.1) is 0 Å². The average molecular weight is 650 g/mol. The molecule has 2 aliphatic rings. The molecule has 1 saturated carbocycles. The van der Waals surface area contributed by atoms with Gasteiger partial charge in [0.05, 0.1) is 27.9 Å². The Morgan fingerprint density at radius 3 is 2.18 bits per heavy atom. The van der Waals surface area contributed by atoms with Crippen LogP contribution in [0, 0.1) is 5.82 Å². The Bertz CT molecular complexity index is 1660. The van der Waals surface area contributed by atoms with E-state index in [1.165, 1.54) is 6.92 Å². The summed E-state index contributed by atoms with van der Waals surface area (Å²) >= 11 is 0. The summed E-state index contributed by atoms with van der Waals surface area (Å²) in [6, 6.07) is 1.59. The zero-order valence-electron chi connectivity index (χ0n) is 22.6. The summed E-state index contributed by atoms with van der Waals surface area (Å²) in [5.41, 5.74) is -2.28. The first-order valence-electron chi connectivity index (χ1n) is 13.2. The van der Waals surface area contributed by atoms with Crippen LogP contribution < -0.4 is 5.32 Å². The Hall–Kier alpha value is -3.73. The zero-order chi connectivity index (χ0) is 32.2. The lowest BCUT2D eigenvalue weighted by Crippen LogP contribution is -2.48. The van der Waals surface area contributed by atoms with E-state index in [-0.39, 0.29) is 17.0 Å². The number of halogens is 8. The normalized spacial score (nSPS) is 21.4. The number of alkyl halides is 7. The highest BCUT2D eigenvalue weighted by Gasteiger charge is 2.49. The molecule has 2 fully saturated rings. The van der Waals surface area contributed by atoms with Gasteiger partial charge in [-0.2, -0.15) is 30.6 Å². The van der Waals surface area contributed by atoms with Crippen molar-refractivity contribution in [1.29, 1.82) is 0 Å². The number of hydrogen-bond acceptors (Lipinski definition) is 6. The van der Waals surface area contributed by atoms with E-state index in [0.717, 1.165) is 42.7 Å². The van der Waals surface area contributed by atoms with Crippen molar-refractivity contribution in [3.8, 4) is 11.3 Å². The molecular weight excluding hydrogens is 626 g/mol. The summed E-state index contributed by atoms with van der Waals surface area (Å²) in [5.74, 6) is -3.86. The van der Waals surface area contributed by atoms with Crippen LogP contribution in [-0.2, 0) is 33.7 Å². The maximum atomic E-state index is 14.8. The van der Waals surface area contributed by atoms with E-state index >= 15 is 0 Å². The van der Waals surface area contributed by atoms with E-state index in [4.69, 9.17) is 0 Å². The van der Waals surface area contributed by atoms with Crippen molar-refractivity contribution in [3.63, 3.8) is 0 Å². The Balaban J connectivity index is 1.48. The molecular formula is C27H23F8N5O3S. The third-order valence-corrected chi connectivity index (χ3v) is 9.41. The zero-order valence-corrected chi connectivity index (χ0v) is 23.4. The minimum atomic E-state index is -4.94. The van der Waals surface area contributed by atoms with Gasteiger partial charge in [-0.1, -0.05) is 0 Å². The molecule has 0 radical (unpaired) electrons. The molecule has 44 heavy (non-hydrogen) atoms. The maximum Gasteiger partial charge on any atom is 0.451 e. The maximum absolute atomic E-state index is 14.8. The first kappa shape index (κ1) is 31.7. The van der Waals surface area contributed by atoms with Crippen LogP contribution in [0.2, 0.25) is 0 Å². The van der Waals surface area contributed by atoms with E-state index in [9.17, 15) is 48.3 Å². The van der Waals surface area contributed by atoms with E-state index < -0.39 is 93.1 Å². The molecule has 2 aromatic heterocycles. The van der Waals surface area contributed by atoms with Crippen LogP contribution in [0.3, 0.4) is 0 Å². The first-order chi connectivity index (χ1) is 20.5. The molecule has 0 bridgehead atoms. The van der Waals surface area contributed by atoms with Crippen LogP contribution in [-0.4, -0.2) is 51.8 Å². The topological polar surface area (TPSA) is 105 Å². The lowest BCUT2D eigenvalue weighted by atomic mass is 9.99. The molecule has 1 amide bonds. The Morgan fingerprint density at radius 1 is 1.02 bits per heavy atom. The van der Waals surface area contributed by atoms with Crippen molar-refractivity contribution in [2.45, 2.75) is 74.2 Å². The van der Waals surface area contributed by atoms with E-state index in [0.29, 0.717) is 17.1 Å². The van der Waals surface area contributed by atoms with Crippen LogP contribution in [0.1, 0.15) is 54.7 Å². The summed E-state index contributed by atoms with van der Waals surface area (Å²) in [7, 11) is -4.53. The van der Waals surface area contributed by atoms with Gasteiger partial charge in [-0.25, -0.2) is 27.2 Å². The summed E-state index contributed by atoms with van der Waals surface area (Å²) in [6.45, 7) is 0.431. The second kappa shape index (κ2) is 11.3. The van der Waals surface area contributed by atoms with Gasteiger partial charge in [0.2, 0.25) is 21.8 Å². The number of carbonyl (C=O) groups is 1. The third-order valence-electron chi connectivity index (χ3n) is 7.40. The van der Waals surface area contributed by atoms with E-state index in [2.05, 4.69) is 20.3 Å². The number of pyridine rings is 1. The summed E-state index contributed by atoms with van der Waals surface area (Å²) < 4.78 is 137. The third kappa shape index (κ3) is 6.24. The van der Waals surface area contributed by atoms with Gasteiger partial charge < -0.3 is 5.32 Å². The molecule has 1 N–H and O–H groups in total. The smallest absolute Gasteiger partial charge is 0.351 e. The summed E-state index contributed by atoms with van der Waals surface area (Å²) in [5, 5.41) is 2.27. The molecule has 1 aliphatic carbocycles. The number of rotatable bonds is 7. The molecule has 1 saturated heterocycles. The number of aromatic nitrogens is 3. The van der Waals surface area contributed by atoms with Crippen LogP contribution in [0.5, 0.6) is 0 Å². The molecule has 3 heterocycles. The fraction of sp³-hybridized carbons (Fsp3) is 0.407. The van der Waals surface area contributed by atoms with Crippen LogP contribution in [0.4, 0.5) is 35.1 Å². The largest absolute Gasteiger partial charge is 0.451 e. The van der Waals surface area contributed by atoms with Gasteiger partial charge in [0.25, 0.3) is 0 Å². The molecule has 5 rings (SSSR count). The van der Waals surface area contributed by atoms with Gasteiger partial charge in [0.15, 0.2) is 0 Å². The fourth-order valence-corrected chi connectivity index (χ4v) is 6.90. The fourth-order valence-electron chi connectivity index (χ4n) is 5.09. The van der Waals surface area contributed by atoms with Gasteiger partial charge in [-0.05, 0) is 55.7 Å². The Kier molecular flexibility index (Phi) is 8.15. The lowest BCUT2D eigenvalue weighted by molar-refractivity contribution is -0.145.